The highest BCUT2D eigenvalue weighted by molar-refractivity contribution is 7.14. The van der Waals surface area contributed by atoms with E-state index in [9.17, 15) is 4.79 Å². The van der Waals surface area contributed by atoms with E-state index in [1.807, 2.05) is 12.1 Å². The predicted molar refractivity (Wildman–Crippen MR) is 107 cm³/mol. The van der Waals surface area contributed by atoms with Crippen LogP contribution in [-0.4, -0.2) is 24.2 Å². The predicted octanol–water partition coefficient (Wildman–Crippen LogP) is 4.96. The summed E-state index contributed by atoms with van der Waals surface area (Å²) < 4.78 is 0. The minimum absolute atomic E-state index is 0.0423. The first kappa shape index (κ1) is 19.7. The molecule has 0 radical (unpaired) electrons. The van der Waals surface area contributed by atoms with E-state index in [1.165, 1.54) is 47.3 Å². The highest BCUT2D eigenvalue weighted by Gasteiger charge is 2.26. The second-order valence-corrected chi connectivity index (χ2v) is 8.45. The average molecular weight is 360 g/mol. The van der Waals surface area contributed by atoms with Crippen molar-refractivity contribution < 1.29 is 9.90 Å². The Morgan fingerprint density at radius 2 is 2.16 bits per heavy atom. The summed E-state index contributed by atoms with van der Waals surface area (Å²) >= 11 is 1.47. The van der Waals surface area contributed by atoms with Crippen molar-refractivity contribution in [1.82, 2.24) is 5.32 Å². The number of carbonyl (C=O) groups excluding carboxylic acids is 1. The van der Waals surface area contributed by atoms with Gasteiger partial charge in [-0.3, -0.25) is 4.79 Å². The minimum atomic E-state index is -0.128. The van der Waals surface area contributed by atoms with Crippen LogP contribution in [-0.2, 0) is 0 Å². The molecular weight excluding hydrogens is 330 g/mol. The molecule has 1 amide bonds. The zero-order chi connectivity index (χ0) is 18.4. The van der Waals surface area contributed by atoms with Gasteiger partial charge in [-0.2, -0.15) is 0 Å². The number of aliphatic hydroxyl groups is 1. The summed E-state index contributed by atoms with van der Waals surface area (Å²) in [5.74, 6) is -0.128. The summed E-state index contributed by atoms with van der Waals surface area (Å²) in [7, 11) is 0. The quantitative estimate of drug-likeness (QED) is 0.706. The van der Waals surface area contributed by atoms with Gasteiger partial charge in [0.2, 0.25) is 0 Å². The summed E-state index contributed by atoms with van der Waals surface area (Å²) in [4.78, 5) is 13.6. The van der Waals surface area contributed by atoms with Gasteiger partial charge in [0, 0.05) is 11.4 Å². The van der Waals surface area contributed by atoms with Gasteiger partial charge in [-0.1, -0.05) is 31.6 Å². The van der Waals surface area contributed by atoms with Crippen molar-refractivity contribution in [3.63, 3.8) is 0 Å². The Bertz CT molecular complexity index is 707. The second-order valence-electron chi connectivity index (χ2n) is 7.33. The number of allylic oxidation sites excluding steroid dienone is 5. The van der Waals surface area contributed by atoms with Crippen LogP contribution in [0.2, 0.25) is 0 Å². The number of carbonyl (C=O) groups is 1. The van der Waals surface area contributed by atoms with Crippen LogP contribution in [0, 0.1) is 5.41 Å². The van der Waals surface area contributed by atoms with Gasteiger partial charge in [0.05, 0.1) is 11.5 Å². The zero-order valence-electron chi connectivity index (χ0n) is 15.7. The maximum Gasteiger partial charge on any atom is 0.261 e. The van der Waals surface area contributed by atoms with E-state index < -0.39 is 0 Å². The van der Waals surface area contributed by atoms with Crippen LogP contribution < -0.4 is 5.32 Å². The molecule has 0 saturated carbocycles. The van der Waals surface area contributed by atoms with Crippen LogP contribution in [0.3, 0.4) is 0 Å². The monoisotopic (exact) mass is 359 g/mol. The molecule has 25 heavy (non-hydrogen) atoms. The third-order valence-corrected chi connectivity index (χ3v) is 5.70. The largest absolute Gasteiger partial charge is 0.395 e. The number of hydrogen-bond donors (Lipinski definition) is 2. The lowest BCUT2D eigenvalue weighted by Gasteiger charge is -2.32. The van der Waals surface area contributed by atoms with Crippen molar-refractivity contribution in [2.45, 2.75) is 47.0 Å². The molecule has 3 nitrogen and oxygen atoms in total. The van der Waals surface area contributed by atoms with E-state index >= 15 is 0 Å². The molecule has 1 heterocycles. The molecule has 0 aromatic carbocycles. The van der Waals surface area contributed by atoms with Gasteiger partial charge in [-0.15, -0.1) is 11.3 Å². The maximum absolute atomic E-state index is 11.9. The van der Waals surface area contributed by atoms with Crippen LogP contribution in [0.4, 0.5) is 0 Å². The first-order valence-corrected chi connectivity index (χ1v) is 9.70. The summed E-state index contributed by atoms with van der Waals surface area (Å²) in [5, 5.41) is 11.5. The van der Waals surface area contributed by atoms with Crippen molar-refractivity contribution in [2.75, 3.05) is 13.2 Å². The van der Waals surface area contributed by atoms with Gasteiger partial charge in [-0.25, -0.2) is 0 Å². The van der Waals surface area contributed by atoms with Crippen LogP contribution in [0.15, 0.2) is 41.0 Å². The van der Waals surface area contributed by atoms with Gasteiger partial charge >= 0.3 is 0 Å². The smallest absolute Gasteiger partial charge is 0.261 e. The Kier molecular flexibility index (Phi) is 6.79. The van der Waals surface area contributed by atoms with Gasteiger partial charge in [0.15, 0.2) is 0 Å². The van der Waals surface area contributed by atoms with Gasteiger partial charge in [0.1, 0.15) is 0 Å². The Balaban J connectivity index is 2.09. The van der Waals surface area contributed by atoms with Gasteiger partial charge in [-0.05, 0) is 67.9 Å². The Hall–Kier alpha value is -1.65. The molecule has 0 bridgehead atoms. The molecule has 0 spiro atoms. The minimum Gasteiger partial charge on any atom is -0.395 e. The van der Waals surface area contributed by atoms with E-state index in [1.54, 1.807) is 0 Å². The molecule has 1 aliphatic carbocycles. The molecule has 4 heteroatoms. The lowest BCUT2D eigenvalue weighted by atomic mass is 9.72. The standard InChI is InChI=1S/C21H29NO2S/c1-15(7-9-18-16(2)6-5-11-21(18,3)4)14-17-8-10-19(25-17)20(24)22-12-13-23/h7-10,14,23H,5-6,11-13H2,1-4H3,(H,22,24). The van der Waals surface area contributed by atoms with Crippen molar-refractivity contribution in [3.8, 4) is 0 Å². The number of rotatable bonds is 6. The zero-order valence-corrected chi connectivity index (χ0v) is 16.5. The first-order valence-electron chi connectivity index (χ1n) is 8.89. The van der Waals surface area contributed by atoms with E-state index in [0.29, 0.717) is 4.88 Å². The van der Waals surface area contributed by atoms with Crippen molar-refractivity contribution in [3.05, 3.63) is 50.8 Å². The Morgan fingerprint density at radius 3 is 2.84 bits per heavy atom. The van der Waals surface area contributed by atoms with E-state index in [0.717, 1.165) is 4.88 Å². The Labute approximate surface area is 155 Å². The SMILES string of the molecule is CC(C=CC1=C(C)CCCC1(C)C)=Cc1ccc(C(=O)NCCO)s1. The van der Waals surface area contributed by atoms with Crippen molar-refractivity contribution >= 4 is 23.3 Å². The molecule has 1 aliphatic rings. The third kappa shape index (κ3) is 5.41. The molecule has 2 N–H and O–H groups in total. The molecular formula is C21H29NO2S. The van der Waals surface area contributed by atoms with Gasteiger partial charge < -0.3 is 10.4 Å². The van der Waals surface area contributed by atoms with Crippen molar-refractivity contribution in [1.29, 1.82) is 0 Å². The number of thiophene rings is 1. The molecule has 0 unspecified atom stereocenters. The van der Waals surface area contributed by atoms with Crippen molar-refractivity contribution in [2.24, 2.45) is 5.41 Å². The summed E-state index contributed by atoms with van der Waals surface area (Å²) in [6.07, 6.45) is 10.3. The Morgan fingerprint density at radius 1 is 1.40 bits per heavy atom. The fourth-order valence-corrected chi connectivity index (χ4v) is 4.24. The molecule has 2 rings (SSSR count). The molecule has 0 aliphatic heterocycles. The number of aliphatic hydroxyl groups excluding tert-OH is 1. The van der Waals surface area contributed by atoms with E-state index in [4.69, 9.17) is 5.11 Å². The molecule has 1 aromatic rings. The number of amides is 1. The molecule has 0 saturated heterocycles. The number of hydrogen-bond acceptors (Lipinski definition) is 3. The second kappa shape index (κ2) is 8.63. The fraction of sp³-hybridized carbons (Fsp3) is 0.476. The molecule has 0 fully saturated rings. The van der Waals surface area contributed by atoms with Crippen LogP contribution in [0.5, 0.6) is 0 Å². The van der Waals surface area contributed by atoms with Crippen LogP contribution >= 0.6 is 11.3 Å². The molecule has 136 valence electrons. The van der Waals surface area contributed by atoms with Crippen LogP contribution in [0.25, 0.3) is 6.08 Å². The lowest BCUT2D eigenvalue weighted by molar-refractivity contribution is 0.0949. The molecule has 1 aromatic heterocycles. The maximum atomic E-state index is 11.9. The van der Waals surface area contributed by atoms with Gasteiger partial charge in [0.25, 0.3) is 5.91 Å². The lowest BCUT2D eigenvalue weighted by Crippen LogP contribution is -2.25. The number of nitrogens with one attached hydrogen (secondary N) is 1. The highest BCUT2D eigenvalue weighted by atomic mass is 32.1. The summed E-state index contributed by atoms with van der Waals surface area (Å²) in [6, 6.07) is 3.79. The normalized spacial score (nSPS) is 18.0. The summed E-state index contributed by atoms with van der Waals surface area (Å²) in [5.41, 5.74) is 4.38. The first-order chi connectivity index (χ1) is 11.8. The fourth-order valence-electron chi connectivity index (χ4n) is 3.31. The highest BCUT2D eigenvalue weighted by Crippen LogP contribution is 2.40. The summed E-state index contributed by atoms with van der Waals surface area (Å²) in [6.45, 7) is 9.23. The third-order valence-electron chi connectivity index (χ3n) is 4.67. The topological polar surface area (TPSA) is 49.3 Å². The van der Waals surface area contributed by atoms with E-state index in [2.05, 4.69) is 51.2 Å². The average Bonchev–Trinajstić information content (AvgIpc) is 3.00. The van der Waals surface area contributed by atoms with E-state index in [-0.39, 0.29) is 24.5 Å². The van der Waals surface area contributed by atoms with Crippen LogP contribution in [0.1, 0.15) is 61.5 Å². The molecule has 0 atom stereocenters.